The number of amides is 3. The smallest absolute Gasteiger partial charge is 0.273 e. The lowest BCUT2D eigenvalue weighted by Crippen LogP contribution is -2.47. The van der Waals surface area contributed by atoms with Crippen LogP contribution in [0.25, 0.3) is 0 Å². The zero-order valence-corrected chi connectivity index (χ0v) is 16.3. The quantitative estimate of drug-likeness (QED) is 0.783. The molecule has 1 saturated heterocycles. The topological polar surface area (TPSA) is 104 Å². The molecule has 0 radical (unpaired) electrons. The molecule has 0 spiro atoms. The summed E-state index contributed by atoms with van der Waals surface area (Å²) in [6.07, 6.45) is 5.95. The summed E-state index contributed by atoms with van der Waals surface area (Å²) in [5.74, 6) is -1.49. The Hall–Kier alpha value is -3.36. The maximum Gasteiger partial charge on any atom is 0.273 e. The molecule has 156 valence electrons. The van der Waals surface area contributed by atoms with Gasteiger partial charge < -0.3 is 15.5 Å². The Kier molecular flexibility index (Phi) is 5.69. The highest BCUT2D eigenvalue weighted by molar-refractivity contribution is 6.07. The van der Waals surface area contributed by atoms with Gasteiger partial charge in [0, 0.05) is 37.4 Å². The molecule has 3 amide bonds. The third kappa shape index (κ3) is 4.45. The summed E-state index contributed by atoms with van der Waals surface area (Å²) >= 11 is 0. The highest BCUT2D eigenvalue weighted by Gasteiger charge is 2.35. The van der Waals surface area contributed by atoms with Crippen molar-refractivity contribution in [2.45, 2.75) is 31.7 Å². The second-order valence-electron chi connectivity index (χ2n) is 7.53. The second-order valence-corrected chi connectivity index (χ2v) is 7.53. The molecule has 2 heterocycles. The number of carbonyl (C=O) groups is 3. The van der Waals surface area contributed by atoms with Gasteiger partial charge in [-0.1, -0.05) is 12.1 Å². The first-order valence-electron chi connectivity index (χ1n) is 9.99. The van der Waals surface area contributed by atoms with Crippen LogP contribution in [-0.4, -0.2) is 51.7 Å². The van der Waals surface area contributed by atoms with E-state index in [-0.39, 0.29) is 34.9 Å². The summed E-state index contributed by atoms with van der Waals surface area (Å²) in [6, 6.07) is 5.45. The summed E-state index contributed by atoms with van der Waals surface area (Å²) in [7, 11) is 0. The largest absolute Gasteiger partial charge is 0.348 e. The van der Waals surface area contributed by atoms with E-state index in [9.17, 15) is 18.8 Å². The first-order valence-corrected chi connectivity index (χ1v) is 9.99. The van der Waals surface area contributed by atoms with E-state index >= 15 is 0 Å². The van der Waals surface area contributed by atoms with Crippen LogP contribution in [0.15, 0.2) is 36.7 Å². The van der Waals surface area contributed by atoms with Crippen molar-refractivity contribution in [2.75, 3.05) is 18.4 Å². The molecule has 8 nitrogen and oxygen atoms in total. The number of nitrogens with zero attached hydrogens (tertiary/aromatic N) is 3. The van der Waals surface area contributed by atoms with Crippen molar-refractivity contribution in [1.29, 1.82) is 0 Å². The minimum atomic E-state index is -0.713. The Bertz CT molecular complexity index is 971. The van der Waals surface area contributed by atoms with E-state index in [4.69, 9.17) is 0 Å². The van der Waals surface area contributed by atoms with Crippen LogP contribution >= 0.6 is 0 Å². The molecule has 4 rings (SSSR count). The van der Waals surface area contributed by atoms with Gasteiger partial charge in [-0.25, -0.2) is 14.4 Å². The molecule has 0 unspecified atom stereocenters. The van der Waals surface area contributed by atoms with E-state index in [1.807, 2.05) is 4.90 Å². The van der Waals surface area contributed by atoms with E-state index in [0.29, 0.717) is 25.9 Å². The maximum absolute atomic E-state index is 13.8. The number of nitrogens with one attached hydrogen (secondary N) is 2. The molecule has 1 aliphatic heterocycles. The van der Waals surface area contributed by atoms with E-state index in [1.165, 1.54) is 30.6 Å². The minimum Gasteiger partial charge on any atom is -0.348 e. The molecule has 2 fully saturated rings. The minimum absolute atomic E-state index is 0.0374. The third-order valence-electron chi connectivity index (χ3n) is 5.33. The fourth-order valence-corrected chi connectivity index (χ4v) is 3.50. The summed E-state index contributed by atoms with van der Waals surface area (Å²) in [5, 5.41) is 5.36. The Morgan fingerprint density at radius 3 is 2.37 bits per heavy atom. The molecule has 1 aromatic carbocycles. The number of aromatic nitrogens is 2. The van der Waals surface area contributed by atoms with Crippen molar-refractivity contribution >= 4 is 23.5 Å². The van der Waals surface area contributed by atoms with E-state index in [2.05, 4.69) is 20.6 Å². The SMILES string of the molecule is O=C(Nc1nccnc1C(=O)NC1CCN(C(=O)C2CC2)CC1)c1ccccc1F. The third-order valence-corrected chi connectivity index (χ3v) is 5.33. The van der Waals surface area contributed by atoms with Crippen molar-refractivity contribution in [3.8, 4) is 0 Å². The summed E-state index contributed by atoms with van der Waals surface area (Å²) in [6.45, 7) is 1.22. The fraction of sp³-hybridized carbons (Fsp3) is 0.381. The Morgan fingerprint density at radius 2 is 1.67 bits per heavy atom. The standard InChI is InChI=1S/C21H22FN5O3/c22-16-4-2-1-3-15(16)19(28)26-18-17(23-9-10-24-18)20(29)25-14-7-11-27(12-8-14)21(30)13-5-6-13/h1-4,9-10,13-14H,5-8,11-12H2,(H,25,29)(H,24,26,28). The van der Waals surface area contributed by atoms with Crippen molar-refractivity contribution < 1.29 is 18.8 Å². The van der Waals surface area contributed by atoms with E-state index < -0.39 is 17.6 Å². The molecular formula is C21H22FN5O3. The number of halogens is 1. The van der Waals surface area contributed by atoms with Crippen LogP contribution < -0.4 is 10.6 Å². The number of anilines is 1. The number of likely N-dealkylation sites (tertiary alicyclic amines) is 1. The molecule has 0 atom stereocenters. The van der Waals surface area contributed by atoms with Gasteiger partial charge in [0.15, 0.2) is 11.5 Å². The Morgan fingerprint density at radius 1 is 0.967 bits per heavy atom. The van der Waals surface area contributed by atoms with Crippen LogP contribution in [0.2, 0.25) is 0 Å². The first-order chi connectivity index (χ1) is 14.5. The molecule has 30 heavy (non-hydrogen) atoms. The van der Waals surface area contributed by atoms with E-state index in [0.717, 1.165) is 12.8 Å². The van der Waals surface area contributed by atoms with Gasteiger partial charge in [0.25, 0.3) is 11.8 Å². The van der Waals surface area contributed by atoms with Crippen molar-refractivity contribution in [3.05, 3.63) is 53.7 Å². The molecular weight excluding hydrogens is 389 g/mol. The lowest BCUT2D eigenvalue weighted by atomic mass is 10.0. The predicted molar refractivity (Wildman–Crippen MR) is 106 cm³/mol. The fourth-order valence-electron chi connectivity index (χ4n) is 3.50. The molecule has 9 heteroatoms. The van der Waals surface area contributed by atoms with Crippen LogP contribution in [0, 0.1) is 11.7 Å². The number of carbonyl (C=O) groups excluding carboxylic acids is 3. The molecule has 1 saturated carbocycles. The van der Waals surface area contributed by atoms with Gasteiger partial charge in [0.1, 0.15) is 5.82 Å². The molecule has 0 bridgehead atoms. The van der Waals surface area contributed by atoms with Crippen molar-refractivity contribution in [2.24, 2.45) is 5.92 Å². The number of hydrogen-bond acceptors (Lipinski definition) is 5. The van der Waals surface area contributed by atoms with Crippen LogP contribution in [0.5, 0.6) is 0 Å². The van der Waals surface area contributed by atoms with Gasteiger partial charge in [-0.2, -0.15) is 0 Å². The van der Waals surface area contributed by atoms with Crippen LogP contribution in [0.3, 0.4) is 0 Å². The normalized spacial score (nSPS) is 16.8. The summed E-state index contributed by atoms with van der Waals surface area (Å²) in [5.41, 5.74) is -0.194. The van der Waals surface area contributed by atoms with Gasteiger partial charge in [-0.3, -0.25) is 14.4 Å². The van der Waals surface area contributed by atoms with Gasteiger partial charge in [0.2, 0.25) is 5.91 Å². The number of benzene rings is 1. The highest BCUT2D eigenvalue weighted by atomic mass is 19.1. The van der Waals surface area contributed by atoms with E-state index in [1.54, 1.807) is 6.07 Å². The van der Waals surface area contributed by atoms with Crippen LogP contribution in [0.4, 0.5) is 10.2 Å². The zero-order valence-electron chi connectivity index (χ0n) is 16.3. The zero-order chi connectivity index (χ0) is 21.1. The Balaban J connectivity index is 1.38. The average molecular weight is 411 g/mol. The number of piperidine rings is 1. The van der Waals surface area contributed by atoms with Gasteiger partial charge >= 0.3 is 0 Å². The molecule has 2 aromatic rings. The number of hydrogen-bond donors (Lipinski definition) is 2. The van der Waals surface area contributed by atoms with Crippen molar-refractivity contribution in [1.82, 2.24) is 20.2 Å². The van der Waals surface area contributed by atoms with Gasteiger partial charge in [0.05, 0.1) is 5.56 Å². The first kappa shape index (κ1) is 19.9. The summed E-state index contributed by atoms with van der Waals surface area (Å²) in [4.78, 5) is 47.2. The average Bonchev–Trinajstić information content (AvgIpc) is 3.60. The monoisotopic (exact) mass is 411 g/mol. The number of rotatable bonds is 5. The molecule has 2 aliphatic rings. The molecule has 2 N–H and O–H groups in total. The maximum atomic E-state index is 13.8. The predicted octanol–water partition coefficient (Wildman–Crippen LogP) is 2.00. The Labute approximate surface area is 172 Å². The lowest BCUT2D eigenvalue weighted by Gasteiger charge is -2.32. The van der Waals surface area contributed by atoms with Crippen molar-refractivity contribution in [3.63, 3.8) is 0 Å². The molecule has 1 aliphatic carbocycles. The highest BCUT2D eigenvalue weighted by Crippen LogP contribution is 2.31. The lowest BCUT2D eigenvalue weighted by molar-refractivity contribution is -0.133. The van der Waals surface area contributed by atoms with Gasteiger partial charge in [-0.05, 0) is 37.8 Å². The molecule has 1 aromatic heterocycles. The van der Waals surface area contributed by atoms with Gasteiger partial charge in [-0.15, -0.1) is 0 Å². The van der Waals surface area contributed by atoms with Crippen LogP contribution in [0.1, 0.15) is 46.5 Å². The summed E-state index contributed by atoms with van der Waals surface area (Å²) < 4.78 is 13.8. The van der Waals surface area contributed by atoms with Crippen LogP contribution in [-0.2, 0) is 4.79 Å². The second kappa shape index (κ2) is 8.56.